The highest BCUT2D eigenvalue weighted by Crippen LogP contribution is 2.33. The minimum absolute atomic E-state index is 0.0839. The van der Waals surface area contributed by atoms with E-state index in [4.69, 9.17) is 11.6 Å². The van der Waals surface area contributed by atoms with E-state index in [1.54, 1.807) is 30.3 Å². The van der Waals surface area contributed by atoms with E-state index in [1.807, 2.05) is 25.1 Å². The Kier molecular flexibility index (Phi) is 7.20. The number of halogens is 1. The van der Waals surface area contributed by atoms with Crippen LogP contribution in [0.5, 0.6) is 0 Å². The molecule has 3 aromatic rings. The van der Waals surface area contributed by atoms with Gasteiger partial charge in [0.2, 0.25) is 10.0 Å². The molecule has 0 aliphatic rings. The summed E-state index contributed by atoms with van der Waals surface area (Å²) in [5, 5.41) is 0.645. The van der Waals surface area contributed by atoms with Gasteiger partial charge in [-0.25, -0.2) is 16.8 Å². The predicted molar refractivity (Wildman–Crippen MR) is 128 cm³/mol. The van der Waals surface area contributed by atoms with Crippen LogP contribution in [0, 0.1) is 6.92 Å². The molecule has 0 amide bonds. The molecule has 3 aromatic carbocycles. The van der Waals surface area contributed by atoms with Gasteiger partial charge in [0.25, 0.3) is 10.0 Å². The molecule has 0 bridgehead atoms. The number of benzene rings is 3. The van der Waals surface area contributed by atoms with Crippen LogP contribution >= 0.6 is 23.4 Å². The van der Waals surface area contributed by atoms with Crippen LogP contribution in [-0.2, 0) is 25.8 Å². The maximum absolute atomic E-state index is 12.8. The summed E-state index contributed by atoms with van der Waals surface area (Å²) in [4.78, 5) is 0.838. The second kappa shape index (κ2) is 9.52. The molecule has 0 atom stereocenters. The van der Waals surface area contributed by atoms with Crippen LogP contribution in [-0.4, -0.2) is 23.1 Å². The zero-order chi connectivity index (χ0) is 22.6. The molecule has 0 saturated carbocycles. The van der Waals surface area contributed by atoms with Gasteiger partial charge in [-0.05, 0) is 48.9 Å². The largest absolute Gasteiger partial charge is 0.282 e. The van der Waals surface area contributed by atoms with Gasteiger partial charge in [0, 0.05) is 15.7 Å². The Morgan fingerprint density at radius 2 is 1.55 bits per heavy atom. The number of nitrogens with one attached hydrogen (secondary N) is 2. The van der Waals surface area contributed by atoms with Gasteiger partial charge in [-0.1, -0.05) is 47.5 Å². The molecule has 0 aliphatic heterocycles. The maximum atomic E-state index is 12.8. The molecule has 164 valence electrons. The zero-order valence-corrected chi connectivity index (χ0v) is 20.0. The van der Waals surface area contributed by atoms with Crippen molar-refractivity contribution in [3.63, 3.8) is 0 Å². The summed E-state index contributed by atoms with van der Waals surface area (Å²) in [7, 11) is -7.52. The number of anilines is 2. The van der Waals surface area contributed by atoms with Crippen LogP contribution in [0.15, 0.2) is 76.5 Å². The van der Waals surface area contributed by atoms with E-state index in [-0.39, 0.29) is 16.3 Å². The summed E-state index contributed by atoms with van der Waals surface area (Å²) < 4.78 is 54.1. The van der Waals surface area contributed by atoms with E-state index in [9.17, 15) is 16.8 Å². The fraction of sp³-hybridized carbons (Fsp3) is 0.143. The van der Waals surface area contributed by atoms with E-state index >= 15 is 0 Å². The molecule has 0 fully saturated rings. The standard InChI is InChI=1S/C21H21ClN2O4S3/c1-15-7-10-18(11-8-15)31(27,28)24-20-12-9-17(13-21(20)23-30(2,25)26)29-14-16-5-3-4-6-19(16)22/h3-13,23-24H,14H2,1-2H3. The van der Waals surface area contributed by atoms with Crippen molar-refractivity contribution in [2.45, 2.75) is 22.5 Å². The summed E-state index contributed by atoms with van der Waals surface area (Å²) in [6.45, 7) is 1.86. The van der Waals surface area contributed by atoms with Gasteiger partial charge in [0.05, 0.1) is 22.5 Å². The topological polar surface area (TPSA) is 92.3 Å². The van der Waals surface area contributed by atoms with E-state index in [2.05, 4.69) is 9.44 Å². The molecule has 0 spiro atoms. The summed E-state index contributed by atoms with van der Waals surface area (Å²) in [5.74, 6) is 0.576. The molecular weight excluding hydrogens is 476 g/mol. The second-order valence-corrected chi connectivity index (χ2v) is 11.8. The van der Waals surface area contributed by atoms with Crippen LogP contribution in [0.2, 0.25) is 5.02 Å². The van der Waals surface area contributed by atoms with Crippen molar-refractivity contribution >= 4 is 54.8 Å². The van der Waals surface area contributed by atoms with Crippen molar-refractivity contribution in [1.29, 1.82) is 0 Å². The number of rotatable bonds is 8. The zero-order valence-electron chi connectivity index (χ0n) is 16.8. The van der Waals surface area contributed by atoms with Crippen LogP contribution in [0.3, 0.4) is 0 Å². The molecule has 2 N–H and O–H groups in total. The molecule has 0 aromatic heterocycles. The summed E-state index contributed by atoms with van der Waals surface area (Å²) in [6, 6.07) is 18.7. The number of aryl methyl sites for hydroxylation is 1. The molecule has 10 heteroatoms. The van der Waals surface area contributed by atoms with Crippen molar-refractivity contribution in [3.05, 3.63) is 82.9 Å². The molecule has 0 aliphatic carbocycles. The summed E-state index contributed by atoms with van der Waals surface area (Å²) in [6.07, 6.45) is 1.01. The summed E-state index contributed by atoms with van der Waals surface area (Å²) >= 11 is 7.65. The Morgan fingerprint density at radius 1 is 0.871 bits per heavy atom. The monoisotopic (exact) mass is 496 g/mol. The molecule has 3 rings (SSSR count). The quantitative estimate of drug-likeness (QED) is 0.422. The maximum Gasteiger partial charge on any atom is 0.261 e. The highest BCUT2D eigenvalue weighted by Gasteiger charge is 2.18. The fourth-order valence-corrected chi connectivity index (χ4v) is 5.55. The average molecular weight is 497 g/mol. The van der Waals surface area contributed by atoms with Crippen LogP contribution in [0.25, 0.3) is 0 Å². The third kappa shape index (κ3) is 6.64. The summed E-state index contributed by atoms with van der Waals surface area (Å²) in [5.41, 5.74) is 2.14. The van der Waals surface area contributed by atoms with E-state index < -0.39 is 20.0 Å². The molecule has 0 heterocycles. The fourth-order valence-electron chi connectivity index (χ4n) is 2.68. The average Bonchev–Trinajstić information content (AvgIpc) is 2.68. The van der Waals surface area contributed by atoms with Crippen LogP contribution in [0.4, 0.5) is 11.4 Å². The van der Waals surface area contributed by atoms with Crippen molar-refractivity contribution in [1.82, 2.24) is 0 Å². The lowest BCUT2D eigenvalue weighted by molar-refractivity contribution is 0.600. The molecule has 0 radical (unpaired) electrons. The Bertz CT molecular complexity index is 1290. The number of sulfonamides is 2. The first-order chi connectivity index (χ1) is 14.5. The van der Waals surface area contributed by atoms with Gasteiger partial charge < -0.3 is 0 Å². The Hall–Kier alpha value is -2.20. The second-order valence-electron chi connectivity index (χ2n) is 6.88. The van der Waals surface area contributed by atoms with Gasteiger partial charge >= 0.3 is 0 Å². The Balaban J connectivity index is 1.89. The lowest BCUT2D eigenvalue weighted by atomic mass is 10.2. The highest BCUT2D eigenvalue weighted by molar-refractivity contribution is 7.98. The van der Waals surface area contributed by atoms with Crippen molar-refractivity contribution in [2.75, 3.05) is 15.7 Å². The normalized spacial score (nSPS) is 11.8. The minimum Gasteiger partial charge on any atom is -0.282 e. The SMILES string of the molecule is Cc1ccc(S(=O)(=O)Nc2ccc(SCc3ccccc3Cl)cc2NS(C)(=O)=O)cc1. The van der Waals surface area contributed by atoms with Crippen LogP contribution < -0.4 is 9.44 Å². The number of hydrogen-bond donors (Lipinski definition) is 2. The third-order valence-electron chi connectivity index (χ3n) is 4.21. The molecule has 31 heavy (non-hydrogen) atoms. The van der Waals surface area contributed by atoms with Gasteiger partial charge in [-0.2, -0.15) is 0 Å². The first kappa shape index (κ1) is 23.5. The van der Waals surface area contributed by atoms with E-state index in [1.165, 1.54) is 30.0 Å². The lowest BCUT2D eigenvalue weighted by Crippen LogP contribution is -2.16. The Labute approximate surface area is 192 Å². The molecule has 0 unspecified atom stereocenters. The van der Waals surface area contributed by atoms with E-state index in [0.29, 0.717) is 10.8 Å². The lowest BCUT2D eigenvalue weighted by Gasteiger charge is -2.15. The van der Waals surface area contributed by atoms with Crippen molar-refractivity contribution in [2.24, 2.45) is 0 Å². The first-order valence-electron chi connectivity index (χ1n) is 9.11. The minimum atomic E-state index is -3.89. The molecule has 0 saturated heterocycles. The third-order valence-corrected chi connectivity index (χ3v) is 7.60. The van der Waals surface area contributed by atoms with Crippen molar-refractivity contribution < 1.29 is 16.8 Å². The van der Waals surface area contributed by atoms with Gasteiger partial charge in [-0.3, -0.25) is 9.44 Å². The van der Waals surface area contributed by atoms with Gasteiger partial charge in [0.15, 0.2) is 0 Å². The highest BCUT2D eigenvalue weighted by atomic mass is 35.5. The number of hydrogen-bond acceptors (Lipinski definition) is 5. The smallest absolute Gasteiger partial charge is 0.261 e. The van der Waals surface area contributed by atoms with Gasteiger partial charge in [0.1, 0.15) is 0 Å². The first-order valence-corrected chi connectivity index (χ1v) is 13.8. The Morgan fingerprint density at radius 3 is 2.19 bits per heavy atom. The van der Waals surface area contributed by atoms with E-state index in [0.717, 1.165) is 22.3 Å². The number of thioether (sulfide) groups is 1. The van der Waals surface area contributed by atoms with Gasteiger partial charge in [-0.15, -0.1) is 11.8 Å². The predicted octanol–water partition coefficient (Wildman–Crippen LogP) is 5.11. The molecular formula is C21H21ClN2O4S3. The van der Waals surface area contributed by atoms with Crippen molar-refractivity contribution in [3.8, 4) is 0 Å². The molecule has 6 nitrogen and oxygen atoms in total. The van der Waals surface area contributed by atoms with Crippen LogP contribution in [0.1, 0.15) is 11.1 Å².